The average molecular weight is 514 g/mol. The average Bonchev–Trinajstić information content (AvgIpc) is 3.39. The fourth-order valence-electron chi connectivity index (χ4n) is 4.58. The Hall–Kier alpha value is -4.66. The van der Waals surface area contributed by atoms with E-state index in [1.54, 1.807) is 43.3 Å². The van der Waals surface area contributed by atoms with Crippen LogP contribution in [0.15, 0.2) is 66.7 Å². The Balaban J connectivity index is 1.46. The van der Waals surface area contributed by atoms with Crippen molar-refractivity contribution in [1.82, 2.24) is 4.90 Å². The Bertz CT molecular complexity index is 1370. The fraction of sp³-hybridized carbons (Fsp3) is 0.241. The highest BCUT2D eigenvalue weighted by molar-refractivity contribution is 6.00. The quantitative estimate of drug-likeness (QED) is 0.256. The Morgan fingerprint density at radius 3 is 2.50 bits per heavy atom. The summed E-state index contributed by atoms with van der Waals surface area (Å²) in [6, 6.07) is 19.2. The smallest absolute Gasteiger partial charge is 0.254 e. The van der Waals surface area contributed by atoms with Gasteiger partial charge in [-0.3, -0.25) is 19.8 Å². The number of hydrogen-bond donors (Lipinski definition) is 4. The van der Waals surface area contributed by atoms with Crippen molar-refractivity contribution in [3.05, 3.63) is 94.5 Å². The number of aryl methyl sites for hydroxylation is 1. The number of amides is 3. The summed E-state index contributed by atoms with van der Waals surface area (Å²) in [6.45, 7) is 2.60. The molecule has 1 fully saturated rings. The molecule has 196 valence electrons. The molecule has 1 aliphatic rings. The zero-order valence-corrected chi connectivity index (χ0v) is 21.2. The van der Waals surface area contributed by atoms with Gasteiger partial charge in [-0.25, -0.2) is 0 Å². The highest BCUT2D eigenvalue weighted by Crippen LogP contribution is 2.25. The maximum absolute atomic E-state index is 13.0. The minimum absolute atomic E-state index is 0.000950. The Morgan fingerprint density at radius 1 is 1.05 bits per heavy atom. The first-order valence-corrected chi connectivity index (χ1v) is 12.4. The van der Waals surface area contributed by atoms with Crippen LogP contribution in [0.5, 0.6) is 5.75 Å². The van der Waals surface area contributed by atoms with Gasteiger partial charge in [-0.15, -0.1) is 0 Å². The number of nitrogen functional groups attached to an aromatic ring is 1. The van der Waals surface area contributed by atoms with E-state index in [2.05, 4.69) is 5.32 Å². The van der Waals surface area contributed by atoms with E-state index < -0.39 is 11.9 Å². The number of likely N-dealkylation sites (tertiary alicyclic amines) is 1. The number of rotatable bonds is 9. The topological polar surface area (TPSA) is 152 Å². The van der Waals surface area contributed by atoms with Crippen molar-refractivity contribution in [2.45, 2.75) is 38.8 Å². The molecule has 0 aromatic heterocycles. The number of ether oxygens (including phenoxy) is 1. The molecular formula is C29H31N5O4. The first kappa shape index (κ1) is 26.4. The lowest BCUT2D eigenvalue weighted by Gasteiger charge is -2.23. The summed E-state index contributed by atoms with van der Waals surface area (Å²) in [6.07, 6.45) is 1.30. The molecule has 4 rings (SSSR count). The first-order valence-electron chi connectivity index (χ1n) is 12.4. The Kier molecular flexibility index (Phi) is 8.06. The largest absolute Gasteiger partial charge is 0.489 e. The predicted octanol–water partition coefficient (Wildman–Crippen LogP) is 3.13. The van der Waals surface area contributed by atoms with Gasteiger partial charge in [0.15, 0.2) is 0 Å². The molecule has 3 aromatic rings. The molecule has 0 spiro atoms. The monoisotopic (exact) mass is 513 g/mol. The van der Waals surface area contributed by atoms with Crippen LogP contribution in [0.2, 0.25) is 0 Å². The van der Waals surface area contributed by atoms with Crippen molar-refractivity contribution in [2.24, 2.45) is 11.5 Å². The molecular weight excluding hydrogens is 482 g/mol. The summed E-state index contributed by atoms with van der Waals surface area (Å²) in [5, 5.41) is 10.6. The lowest BCUT2D eigenvalue weighted by molar-refractivity contribution is -0.121. The maximum Gasteiger partial charge on any atom is 0.254 e. The van der Waals surface area contributed by atoms with E-state index in [1.807, 2.05) is 30.3 Å². The molecule has 9 nitrogen and oxygen atoms in total. The van der Waals surface area contributed by atoms with Gasteiger partial charge in [0.2, 0.25) is 11.8 Å². The van der Waals surface area contributed by atoms with Gasteiger partial charge in [-0.2, -0.15) is 0 Å². The SMILES string of the molecule is Cc1cc(NC(=O)Cc2cc(C(=N)N)ccc2OCc2ccccc2)ccc1C(=O)N1CCCC1C(N)=O. The number of nitrogens with two attached hydrogens (primary N) is 2. The molecule has 0 aliphatic carbocycles. The number of benzene rings is 3. The van der Waals surface area contributed by atoms with Gasteiger partial charge in [0.05, 0.1) is 6.42 Å². The van der Waals surface area contributed by atoms with E-state index in [-0.39, 0.29) is 24.1 Å². The number of primary amides is 1. The van der Waals surface area contributed by atoms with E-state index in [4.69, 9.17) is 21.6 Å². The molecule has 1 unspecified atom stereocenters. The van der Waals surface area contributed by atoms with Crippen molar-refractivity contribution < 1.29 is 19.1 Å². The number of nitrogens with one attached hydrogen (secondary N) is 2. The van der Waals surface area contributed by atoms with Crippen molar-refractivity contribution in [1.29, 1.82) is 5.41 Å². The van der Waals surface area contributed by atoms with Crippen LogP contribution < -0.4 is 21.5 Å². The third kappa shape index (κ3) is 6.18. The molecule has 0 radical (unpaired) electrons. The molecule has 3 amide bonds. The van der Waals surface area contributed by atoms with Gasteiger partial charge >= 0.3 is 0 Å². The third-order valence-corrected chi connectivity index (χ3v) is 6.54. The van der Waals surface area contributed by atoms with Gasteiger partial charge in [0.1, 0.15) is 24.2 Å². The normalized spacial score (nSPS) is 14.7. The van der Waals surface area contributed by atoms with Crippen LogP contribution in [-0.2, 0) is 22.6 Å². The standard InChI is InChI=1S/C29H31N5O4/c1-18-14-22(10-11-23(18)29(37)34-13-5-8-24(34)28(32)36)33-26(35)16-21-15-20(27(30)31)9-12-25(21)38-17-19-6-3-2-4-7-19/h2-4,6-7,9-12,14-15,24H,5,8,13,16-17H2,1H3,(H3,30,31)(H2,32,36)(H,33,35). The van der Waals surface area contributed by atoms with Gasteiger partial charge in [0.25, 0.3) is 5.91 Å². The summed E-state index contributed by atoms with van der Waals surface area (Å²) >= 11 is 0. The zero-order chi connectivity index (χ0) is 27.2. The van der Waals surface area contributed by atoms with Crippen molar-refractivity contribution in [3.63, 3.8) is 0 Å². The van der Waals surface area contributed by atoms with Gasteiger partial charge in [-0.05, 0) is 67.3 Å². The molecule has 3 aromatic carbocycles. The molecule has 1 heterocycles. The van der Waals surface area contributed by atoms with E-state index in [9.17, 15) is 14.4 Å². The highest BCUT2D eigenvalue weighted by Gasteiger charge is 2.33. The highest BCUT2D eigenvalue weighted by atomic mass is 16.5. The lowest BCUT2D eigenvalue weighted by Crippen LogP contribution is -2.43. The van der Waals surface area contributed by atoms with Crippen LogP contribution in [0.1, 0.15) is 45.5 Å². The summed E-state index contributed by atoms with van der Waals surface area (Å²) in [5.74, 6) is -0.613. The van der Waals surface area contributed by atoms with Crippen LogP contribution in [-0.4, -0.2) is 41.0 Å². The second kappa shape index (κ2) is 11.6. The number of hydrogen-bond acceptors (Lipinski definition) is 5. The molecule has 0 bridgehead atoms. The van der Waals surface area contributed by atoms with Gasteiger partial charge < -0.3 is 26.4 Å². The number of nitrogens with zero attached hydrogens (tertiary/aromatic N) is 1. The summed E-state index contributed by atoms with van der Waals surface area (Å²) in [4.78, 5) is 39.2. The molecule has 1 saturated heterocycles. The molecule has 1 aliphatic heterocycles. The maximum atomic E-state index is 13.0. The van der Waals surface area contributed by atoms with Crippen LogP contribution in [0.3, 0.4) is 0 Å². The van der Waals surface area contributed by atoms with E-state index >= 15 is 0 Å². The number of anilines is 1. The van der Waals surface area contributed by atoms with Crippen LogP contribution in [0.25, 0.3) is 0 Å². The van der Waals surface area contributed by atoms with Gasteiger partial charge in [0, 0.05) is 28.9 Å². The lowest BCUT2D eigenvalue weighted by atomic mass is 10.0. The molecule has 6 N–H and O–H groups in total. The van der Waals surface area contributed by atoms with E-state index in [0.29, 0.717) is 53.3 Å². The number of carbonyl (C=O) groups is 3. The Labute approximate surface area is 221 Å². The van der Waals surface area contributed by atoms with Gasteiger partial charge in [-0.1, -0.05) is 30.3 Å². The number of amidine groups is 1. The minimum Gasteiger partial charge on any atom is -0.489 e. The molecule has 0 saturated carbocycles. The third-order valence-electron chi connectivity index (χ3n) is 6.54. The second-order valence-electron chi connectivity index (χ2n) is 9.32. The van der Waals surface area contributed by atoms with E-state index in [1.165, 1.54) is 4.90 Å². The van der Waals surface area contributed by atoms with Crippen molar-refractivity contribution in [2.75, 3.05) is 11.9 Å². The first-order chi connectivity index (χ1) is 18.2. The minimum atomic E-state index is -0.592. The molecule has 9 heteroatoms. The molecule has 1 atom stereocenters. The van der Waals surface area contributed by atoms with Crippen LogP contribution in [0, 0.1) is 12.3 Å². The summed E-state index contributed by atoms with van der Waals surface area (Å²) in [5.41, 5.74) is 14.9. The zero-order valence-electron chi connectivity index (χ0n) is 21.2. The van der Waals surface area contributed by atoms with Crippen molar-refractivity contribution >= 4 is 29.2 Å². The summed E-state index contributed by atoms with van der Waals surface area (Å²) in [7, 11) is 0. The number of carbonyl (C=O) groups excluding carboxylic acids is 3. The van der Waals surface area contributed by atoms with Crippen molar-refractivity contribution in [3.8, 4) is 5.75 Å². The fourth-order valence-corrected chi connectivity index (χ4v) is 4.58. The van der Waals surface area contributed by atoms with Crippen LogP contribution >= 0.6 is 0 Å². The summed E-state index contributed by atoms with van der Waals surface area (Å²) < 4.78 is 5.98. The van der Waals surface area contributed by atoms with E-state index in [0.717, 1.165) is 12.0 Å². The predicted molar refractivity (Wildman–Crippen MR) is 145 cm³/mol. The van der Waals surface area contributed by atoms with Crippen LogP contribution in [0.4, 0.5) is 5.69 Å². The molecule has 38 heavy (non-hydrogen) atoms. The second-order valence-corrected chi connectivity index (χ2v) is 9.32. The Morgan fingerprint density at radius 2 is 1.82 bits per heavy atom.